The van der Waals surface area contributed by atoms with E-state index in [1.165, 1.54) is 64.7 Å². The molecule has 2 aliphatic rings. The van der Waals surface area contributed by atoms with Crippen molar-refractivity contribution in [3.63, 3.8) is 0 Å². The molecule has 50 heavy (non-hydrogen) atoms. The van der Waals surface area contributed by atoms with Crippen molar-refractivity contribution in [1.29, 1.82) is 0 Å². The van der Waals surface area contributed by atoms with Gasteiger partial charge in [0.2, 0.25) is 0 Å². The van der Waals surface area contributed by atoms with E-state index in [9.17, 15) is 0 Å². The molecule has 1 spiro atoms. The van der Waals surface area contributed by atoms with Gasteiger partial charge in [-0.3, -0.25) is 0 Å². The van der Waals surface area contributed by atoms with Gasteiger partial charge in [-0.1, -0.05) is 140 Å². The third-order valence-electron chi connectivity index (χ3n) is 10.6. The van der Waals surface area contributed by atoms with Crippen LogP contribution in [0.4, 0.5) is 0 Å². The summed E-state index contributed by atoms with van der Waals surface area (Å²) in [5.74, 6) is 2.00. The number of rotatable bonds is 3. The first-order chi connectivity index (χ1) is 24.8. The van der Waals surface area contributed by atoms with Crippen molar-refractivity contribution in [1.82, 2.24) is 15.0 Å². The number of aromatic nitrogens is 3. The Bertz CT molecular complexity index is 2790. The van der Waals surface area contributed by atoms with Crippen LogP contribution in [0.2, 0.25) is 0 Å². The summed E-state index contributed by atoms with van der Waals surface area (Å²) in [6.07, 6.45) is 0. The van der Waals surface area contributed by atoms with Gasteiger partial charge >= 0.3 is 0 Å². The molecule has 2 heterocycles. The van der Waals surface area contributed by atoms with Gasteiger partial charge < -0.3 is 0 Å². The first-order valence-electron chi connectivity index (χ1n) is 17.0. The standard InChI is InChI=1S/C46H27N3S/c1-2-13-28(14-3-1)43-47-44(29-25-26-41-35(27-29)32-17-7-11-24-40(32)50-41)49-45(48-43)34-19-12-23-39-42(34)33-18-6-10-22-38(33)46(39)36-20-8-4-15-30(36)31-16-5-9-21-37(31)46/h1-27H. The number of fused-ring (bicyclic) bond motifs is 13. The highest BCUT2D eigenvalue weighted by Gasteiger charge is 2.52. The molecule has 0 unspecified atom stereocenters. The van der Waals surface area contributed by atoms with Crippen LogP contribution >= 0.6 is 11.3 Å². The van der Waals surface area contributed by atoms with Crippen molar-refractivity contribution in [3.8, 4) is 56.4 Å². The lowest BCUT2D eigenvalue weighted by Gasteiger charge is -2.30. The molecule has 11 rings (SSSR count). The Labute approximate surface area is 293 Å². The van der Waals surface area contributed by atoms with E-state index < -0.39 is 5.41 Å². The molecule has 9 aromatic rings. The molecule has 0 aliphatic heterocycles. The van der Waals surface area contributed by atoms with E-state index in [4.69, 9.17) is 15.0 Å². The van der Waals surface area contributed by atoms with Gasteiger partial charge in [0.25, 0.3) is 0 Å². The summed E-state index contributed by atoms with van der Waals surface area (Å²) in [4.78, 5) is 15.7. The van der Waals surface area contributed by atoms with E-state index in [-0.39, 0.29) is 0 Å². The van der Waals surface area contributed by atoms with Crippen molar-refractivity contribution in [2.45, 2.75) is 5.41 Å². The minimum atomic E-state index is -0.432. The maximum absolute atomic E-state index is 5.31. The fourth-order valence-electron chi connectivity index (χ4n) is 8.54. The zero-order chi connectivity index (χ0) is 32.8. The Morgan fingerprint density at radius 3 is 1.66 bits per heavy atom. The first-order valence-corrected chi connectivity index (χ1v) is 17.8. The highest BCUT2D eigenvalue weighted by atomic mass is 32.1. The van der Waals surface area contributed by atoms with E-state index in [2.05, 4.69) is 146 Å². The fraction of sp³-hybridized carbons (Fsp3) is 0.0217. The van der Waals surface area contributed by atoms with E-state index in [1.54, 1.807) is 0 Å². The largest absolute Gasteiger partial charge is 0.208 e. The summed E-state index contributed by atoms with van der Waals surface area (Å²) in [7, 11) is 0. The number of benzene rings is 7. The highest BCUT2D eigenvalue weighted by Crippen LogP contribution is 2.63. The van der Waals surface area contributed by atoms with Crippen molar-refractivity contribution < 1.29 is 0 Å². The van der Waals surface area contributed by atoms with Crippen LogP contribution in [-0.2, 0) is 5.41 Å². The molecule has 0 saturated carbocycles. The maximum atomic E-state index is 5.31. The summed E-state index contributed by atoms with van der Waals surface area (Å²) < 4.78 is 2.54. The average molecular weight is 654 g/mol. The monoisotopic (exact) mass is 653 g/mol. The Hall–Kier alpha value is -6.23. The lowest BCUT2D eigenvalue weighted by molar-refractivity contribution is 0.794. The minimum absolute atomic E-state index is 0.432. The Morgan fingerprint density at radius 2 is 0.900 bits per heavy atom. The Kier molecular flexibility index (Phi) is 5.75. The van der Waals surface area contributed by atoms with Crippen LogP contribution in [0.5, 0.6) is 0 Å². The van der Waals surface area contributed by atoms with Crippen LogP contribution in [-0.4, -0.2) is 15.0 Å². The van der Waals surface area contributed by atoms with E-state index >= 15 is 0 Å². The zero-order valence-corrected chi connectivity index (χ0v) is 27.7. The molecule has 232 valence electrons. The van der Waals surface area contributed by atoms with Gasteiger partial charge in [0.15, 0.2) is 17.5 Å². The number of hydrogen-bond donors (Lipinski definition) is 0. The van der Waals surface area contributed by atoms with Crippen molar-refractivity contribution in [3.05, 3.63) is 186 Å². The van der Waals surface area contributed by atoms with Crippen LogP contribution in [0.25, 0.3) is 76.6 Å². The van der Waals surface area contributed by atoms with Gasteiger partial charge in [0, 0.05) is 36.9 Å². The maximum Gasteiger partial charge on any atom is 0.164 e. The topological polar surface area (TPSA) is 38.7 Å². The average Bonchev–Trinajstić information content (AvgIpc) is 3.82. The molecule has 0 radical (unpaired) electrons. The van der Waals surface area contributed by atoms with Crippen LogP contribution in [0.3, 0.4) is 0 Å². The predicted molar refractivity (Wildman–Crippen MR) is 205 cm³/mol. The van der Waals surface area contributed by atoms with Gasteiger partial charge in [-0.15, -0.1) is 11.3 Å². The second-order valence-corrected chi connectivity index (χ2v) is 14.2. The van der Waals surface area contributed by atoms with Gasteiger partial charge in [-0.05, 0) is 68.8 Å². The number of thiophene rings is 1. The summed E-state index contributed by atoms with van der Waals surface area (Å²) in [6, 6.07) is 58.9. The van der Waals surface area contributed by atoms with Crippen molar-refractivity contribution in [2.24, 2.45) is 0 Å². The molecule has 0 amide bonds. The molecule has 0 atom stereocenters. The zero-order valence-electron chi connectivity index (χ0n) is 26.8. The summed E-state index contributed by atoms with van der Waals surface area (Å²) in [5.41, 5.74) is 12.7. The van der Waals surface area contributed by atoms with E-state index in [1.807, 2.05) is 29.5 Å². The lowest BCUT2D eigenvalue weighted by atomic mass is 9.70. The van der Waals surface area contributed by atoms with Crippen LogP contribution in [0, 0.1) is 0 Å². The Morgan fingerprint density at radius 1 is 0.360 bits per heavy atom. The van der Waals surface area contributed by atoms with Crippen molar-refractivity contribution in [2.75, 3.05) is 0 Å². The summed E-state index contributed by atoms with van der Waals surface area (Å²) in [6.45, 7) is 0. The molecular formula is C46H27N3S. The second-order valence-electron chi connectivity index (χ2n) is 13.1. The minimum Gasteiger partial charge on any atom is -0.208 e. The molecule has 0 N–H and O–H groups in total. The van der Waals surface area contributed by atoms with Crippen LogP contribution in [0.1, 0.15) is 22.3 Å². The van der Waals surface area contributed by atoms with Crippen molar-refractivity contribution >= 4 is 31.5 Å². The number of nitrogens with zero attached hydrogens (tertiary/aromatic N) is 3. The molecule has 3 nitrogen and oxygen atoms in total. The normalized spacial score (nSPS) is 13.4. The molecule has 0 fully saturated rings. The lowest BCUT2D eigenvalue weighted by Crippen LogP contribution is -2.25. The molecule has 2 aliphatic carbocycles. The molecule has 2 aromatic heterocycles. The molecule has 0 bridgehead atoms. The second kappa shape index (κ2) is 10.4. The quantitative estimate of drug-likeness (QED) is 0.190. The smallest absolute Gasteiger partial charge is 0.164 e. The fourth-order valence-corrected chi connectivity index (χ4v) is 9.62. The highest BCUT2D eigenvalue weighted by molar-refractivity contribution is 7.25. The first kappa shape index (κ1) is 27.7. The molecule has 7 aromatic carbocycles. The number of hydrogen-bond acceptors (Lipinski definition) is 4. The summed E-state index contributed by atoms with van der Waals surface area (Å²) in [5, 5.41) is 2.48. The van der Waals surface area contributed by atoms with Crippen LogP contribution in [0.15, 0.2) is 164 Å². The summed E-state index contributed by atoms with van der Waals surface area (Å²) >= 11 is 1.82. The van der Waals surface area contributed by atoms with Gasteiger partial charge in [0.05, 0.1) is 5.41 Å². The SMILES string of the molecule is c1ccc(-c2nc(-c3ccc4sc5ccccc5c4c3)nc(-c3cccc4c3-c3ccccc3C43c4ccccc4-c4ccccc43)n2)cc1. The van der Waals surface area contributed by atoms with E-state index in [0.717, 1.165) is 16.7 Å². The molecule has 0 saturated heterocycles. The van der Waals surface area contributed by atoms with Gasteiger partial charge in [-0.25, -0.2) is 15.0 Å². The van der Waals surface area contributed by atoms with E-state index in [0.29, 0.717) is 17.5 Å². The molecule has 4 heteroatoms. The van der Waals surface area contributed by atoms with Crippen LogP contribution < -0.4 is 0 Å². The van der Waals surface area contributed by atoms with Gasteiger partial charge in [-0.2, -0.15) is 0 Å². The Balaban J connectivity index is 1.19. The third kappa shape index (κ3) is 3.71. The van der Waals surface area contributed by atoms with Gasteiger partial charge in [0.1, 0.15) is 0 Å². The molecular weight excluding hydrogens is 627 g/mol. The predicted octanol–water partition coefficient (Wildman–Crippen LogP) is 11.6. The third-order valence-corrected chi connectivity index (χ3v) is 11.7.